The number of halogens is 2. The minimum Gasteiger partial charge on any atom is -0.394 e. The molecule has 3 N–H and O–H groups in total. The zero-order chi connectivity index (χ0) is 15.1. The van der Waals surface area contributed by atoms with Gasteiger partial charge in [-0.2, -0.15) is 0 Å². The monoisotopic (exact) mass is 318 g/mol. The molecule has 0 aliphatic rings. The number of amides is 2. The van der Waals surface area contributed by atoms with Crippen LogP contribution in [0.2, 0.25) is 0 Å². The van der Waals surface area contributed by atoms with E-state index in [0.717, 1.165) is 5.56 Å². The van der Waals surface area contributed by atoms with Gasteiger partial charge in [0.25, 0.3) is 5.91 Å². The molecular formula is C13H16Cl2N2O3. The lowest BCUT2D eigenvalue weighted by Gasteiger charge is -2.17. The van der Waals surface area contributed by atoms with E-state index in [9.17, 15) is 14.7 Å². The Morgan fingerprint density at radius 1 is 1.25 bits per heavy atom. The Kier molecular flexibility index (Phi) is 6.78. The Bertz CT molecular complexity index is 463. The zero-order valence-corrected chi connectivity index (χ0v) is 12.4. The van der Waals surface area contributed by atoms with E-state index in [0.29, 0.717) is 12.1 Å². The lowest BCUT2D eigenvalue weighted by molar-refractivity contribution is -0.120. The van der Waals surface area contributed by atoms with E-state index in [1.807, 2.05) is 0 Å². The number of hydrogen-bond donors (Lipinski definition) is 3. The summed E-state index contributed by atoms with van der Waals surface area (Å²) in [6, 6.07) is 6.64. The van der Waals surface area contributed by atoms with E-state index in [4.69, 9.17) is 23.2 Å². The van der Waals surface area contributed by atoms with Gasteiger partial charge in [0.15, 0.2) is 4.84 Å². The summed E-state index contributed by atoms with van der Waals surface area (Å²) < 4.78 is 0. The third-order valence-electron chi connectivity index (χ3n) is 2.52. The molecule has 1 atom stereocenters. The van der Waals surface area contributed by atoms with Gasteiger partial charge >= 0.3 is 0 Å². The molecule has 7 heteroatoms. The first-order valence-electron chi connectivity index (χ1n) is 5.98. The Labute approximate surface area is 127 Å². The number of aliphatic hydroxyl groups is 1. The van der Waals surface area contributed by atoms with Crippen LogP contribution in [-0.2, 0) is 16.0 Å². The molecule has 1 rings (SSSR count). The quantitative estimate of drug-likeness (QED) is 0.695. The maximum absolute atomic E-state index is 11.3. The minimum absolute atomic E-state index is 0.145. The smallest absolute Gasteiger partial charge is 0.253 e. The molecule has 0 saturated carbocycles. The number of hydrogen-bond acceptors (Lipinski definition) is 3. The van der Waals surface area contributed by atoms with Crippen LogP contribution in [0.3, 0.4) is 0 Å². The molecule has 0 aliphatic heterocycles. The number of anilines is 1. The van der Waals surface area contributed by atoms with Gasteiger partial charge in [0.1, 0.15) is 0 Å². The highest BCUT2D eigenvalue weighted by Gasteiger charge is 2.17. The van der Waals surface area contributed by atoms with E-state index < -0.39 is 16.8 Å². The average molecular weight is 319 g/mol. The molecule has 20 heavy (non-hydrogen) atoms. The summed E-state index contributed by atoms with van der Waals surface area (Å²) in [5, 5.41) is 14.4. The molecule has 0 aliphatic carbocycles. The molecule has 0 radical (unpaired) electrons. The van der Waals surface area contributed by atoms with Crippen molar-refractivity contribution in [3.8, 4) is 0 Å². The van der Waals surface area contributed by atoms with Gasteiger partial charge in [0, 0.05) is 12.6 Å². The molecule has 0 heterocycles. The molecule has 1 unspecified atom stereocenters. The van der Waals surface area contributed by atoms with Gasteiger partial charge in [-0.15, -0.1) is 0 Å². The van der Waals surface area contributed by atoms with E-state index >= 15 is 0 Å². The molecule has 0 bridgehead atoms. The Hall–Kier alpha value is -1.30. The summed E-state index contributed by atoms with van der Waals surface area (Å²) >= 11 is 10.9. The van der Waals surface area contributed by atoms with Crippen molar-refractivity contribution >= 4 is 40.7 Å². The first kappa shape index (κ1) is 16.8. The summed E-state index contributed by atoms with van der Waals surface area (Å²) in [6.45, 7) is 1.21. The van der Waals surface area contributed by atoms with E-state index in [1.54, 1.807) is 24.3 Å². The second-order valence-corrected chi connectivity index (χ2v) is 5.37. The molecule has 0 spiro atoms. The van der Waals surface area contributed by atoms with Gasteiger partial charge in [-0.1, -0.05) is 35.3 Å². The molecule has 110 valence electrons. The van der Waals surface area contributed by atoms with Gasteiger partial charge in [0.2, 0.25) is 5.91 Å². The summed E-state index contributed by atoms with van der Waals surface area (Å²) in [5.74, 6) is -0.684. The van der Waals surface area contributed by atoms with E-state index in [1.165, 1.54) is 6.92 Å². The van der Waals surface area contributed by atoms with Crippen LogP contribution in [0.15, 0.2) is 24.3 Å². The molecule has 1 aromatic carbocycles. The Morgan fingerprint density at radius 3 is 2.30 bits per heavy atom. The number of carbonyl (C=O) groups excluding carboxylic acids is 2. The normalized spacial score (nSPS) is 12.1. The predicted molar refractivity (Wildman–Crippen MR) is 79.0 cm³/mol. The Morgan fingerprint density at radius 2 is 1.85 bits per heavy atom. The van der Waals surface area contributed by atoms with Crippen LogP contribution in [0, 0.1) is 0 Å². The molecule has 2 amide bonds. The fraction of sp³-hybridized carbons (Fsp3) is 0.385. The largest absolute Gasteiger partial charge is 0.394 e. The van der Waals surface area contributed by atoms with Gasteiger partial charge in [-0.25, -0.2) is 0 Å². The fourth-order valence-electron chi connectivity index (χ4n) is 1.64. The maximum atomic E-state index is 11.3. The summed E-state index contributed by atoms with van der Waals surface area (Å²) in [5.41, 5.74) is 1.59. The number of rotatable bonds is 6. The third kappa shape index (κ3) is 5.77. The first-order valence-corrected chi connectivity index (χ1v) is 6.85. The summed E-state index contributed by atoms with van der Waals surface area (Å²) in [6.07, 6.45) is 0.434. The lowest BCUT2D eigenvalue weighted by Crippen LogP contribution is -2.41. The molecule has 0 aromatic heterocycles. The Balaban J connectivity index is 2.61. The van der Waals surface area contributed by atoms with Crippen molar-refractivity contribution in [3.05, 3.63) is 29.8 Å². The predicted octanol–water partition coefficient (Wildman–Crippen LogP) is 1.47. The van der Waals surface area contributed by atoms with Crippen molar-refractivity contribution in [1.29, 1.82) is 0 Å². The fourth-order valence-corrected chi connectivity index (χ4v) is 1.76. The van der Waals surface area contributed by atoms with Crippen molar-refractivity contribution in [2.24, 2.45) is 0 Å². The van der Waals surface area contributed by atoms with Crippen LogP contribution >= 0.6 is 23.2 Å². The van der Waals surface area contributed by atoms with Gasteiger partial charge in [-0.05, 0) is 24.1 Å². The van der Waals surface area contributed by atoms with Crippen LogP contribution in [-0.4, -0.2) is 34.4 Å². The molecule has 0 saturated heterocycles. The topological polar surface area (TPSA) is 78.4 Å². The molecular weight excluding hydrogens is 303 g/mol. The van der Waals surface area contributed by atoms with E-state index in [-0.39, 0.29) is 12.5 Å². The van der Waals surface area contributed by atoms with Gasteiger partial charge in [0.05, 0.1) is 12.6 Å². The number of benzene rings is 1. The number of carbonyl (C=O) groups is 2. The number of nitrogens with one attached hydrogen (secondary N) is 2. The highest BCUT2D eigenvalue weighted by atomic mass is 35.5. The second kappa shape index (κ2) is 8.09. The zero-order valence-electron chi connectivity index (χ0n) is 10.9. The van der Waals surface area contributed by atoms with E-state index in [2.05, 4.69) is 10.6 Å². The van der Waals surface area contributed by atoms with Crippen molar-refractivity contribution in [2.45, 2.75) is 24.2 Å². The molecule has 5 nitrogen and oxygen atoms in total. The second-order valence-electron chi connectivity index (χ2n) is 4.27. The van der Waals surface area contributed by atoms with Crippen LogP contribution in [0.4, 0.5) is 5.69 Å². The van der Waals surface area contributed by atoms with Crippen LogP contribution < -0.4 is 10.6 Å². The van der Waals surface area contributed by atoms with Crippen LogP contribution in [0.25, 0.3) is 0 Å². The van der Waals surface area contributed by atoms with Crippen LogP contribution in [0.5, 0.6) is 0 Å². The molecule has 1 aromatic rings. The summed E-state index contributed by atoms with van der Waals surface area (Å²) in [4.78, 5) is 21.1. The lowest BCUT2D eigenvalue weighted by atomic mass is 10.1. The van der Waals surface area contributed by atoms with Gasteiger partial charge in [-0.3, -0.25) is 9.59 Å². The highest BCUT2D eigenvalue weighted by molar-refractivity contribution is 6.53. The first-order chi connectivity index (χ1) is 9.42. The van der Waals surface area contributed by atoms with Crippen molar-refractivity contribution in [3.63, 3.8) is 0 Å². The SMILES string of the molecule is CC(=O)Nc1ccc(CC(CO)NC(=O)C(Cl)Cl)cc1. The van der Waals surface area contributed by atoms with Crippen molar-refractivity contribution < 1.29 is 14.7 Å². The number of aliphatic hydroxyl groups excluding tert-OH is 1. The average Bonchev–Trinajstić information content (AvgIpc) is 2.39. The maximum Gasteiger partial charge on any atom is 0.253 e. The minimum atomic E-state index is -1.16. The van der Waals surface area contributed by atoms with Crippen LogP contribution in [0.1, 0.15) is 12.5 Å². The standard InChI is InChI=1S/C13H16Cl2N2O3/c1-8(19)16-10-4-2-9(3-5-10)6-11(7-18)17-13(20)12(14)15/h2-5,11-12,18H,6-7H2,1H3,(H,16,19)(H,17,20). The highest BCUT2D eigenvalue weighted by Crippen LogP contribution is 2.11. The van der Waals surface area contributed by atoms with Gasteiger partial charge < -0.3 is 15.7 Å². The van der Waals surface area contributed by atoms with Crippen molar-refractivity contribution in [1.82, 2.24) is 5.32 Å². The summed E-state index contributed by atoms with van der Waals surface area (Å²) in [7, 11) is 0. The molecule has 0 fully saturated rings. The number of alkyl halides is 2. The third-order valence-corrected chi connectivity index (χ3v) is 2.92. The van der Waals surface area contributed by atoms with Crippen molar-refractivity contribution in [2.75, 3.05) is 11.9 Å².